The summed E-state index contributed by atoms with van der Waals surface area (Å²) in [7, 11) is 1.83. The quantitative estimate of drug-likeness (QED) is 0.886. The normalized spacial score (nSPS) is 20.5. The van der Waals surface area contributed by atoms with E-state index in [1.165, 1.54) is 0 Å². The van der Waals surface area contributed by atoms with Gasteiger partial charge in [0.2, 0.25) is 0 Å². The van der Waals surface area contributed by atoms with E-state index >= 15 is 0 Å². The molecule has 1 aromatic heterocycles. The fourth-order valence-corrected chi connectivity index (χ4v) is 3.47. The van der Waals surface area contributed by atoms with Gasteiger partial charge in [0.1, 0.15) is 11.8 Å². The molecule has 1 aliphatic heterocycles. The van der Waals surface area contributed by atoms with Crippen molar-refractivity contribution in [2.45, 2.75) is 38.2 Å². The van der Waals surface area contributed by atoms with Gasteiger partial charge >= 0.3 is 0 Å². The van der Waals surface area contributed by atoms with Crippen molar-refractivity contribution in [3.63, 3.8) is 0 Å². The van der Waals surface area contributed by atoms with Crippen molar-refractivity contribution in [2.24, 2.45) is 7.05 Å². The minimum absolute atomic E-state index is 0.0869. The highest BCUT2D eigenvalue weighted by Gasteiger charge is 2.38. The van der Waals surface area contributed by atoms with Crippen LogP contribution in [0.2, 0.25) is 0 Å². The largest absolute Gasteiger partial charge is 0.387 e. The van der Waals surface area contributed by atoms with E-state index in [1.54, 1.807) is 9.58 Å². The van der Waals surface area contributed by atoms with E-state index in [9.17, 15) is 13.9 Å². The molecule has 0 amide bonds. The molecule has 1 atom stereocenters. The van der Waals surface area contributed by atoms with Crippen molar-refractivity contribution in [1.82, 2.24) is 14.7 Å². The van der Waals surface area contributed by atoms with Crippen LogP contribution in [0.4, 0.5) is 8.78 Å². The monoisotopic (exact) mass is 351 g/mol. The lowest BCUT2D eigenvalue weighted by atomic mass is 10.1. The molecule has 2 heterocycles. The third kappa shape index (κ3) is 3.38. The molecule has 1 fully saturated rings. The van der Waals surface area contributed by atoms with Gasteiger partial charge in [0, 0.05) is 26.6 Å². The first-order chi connectivity index (χ1) is 9.34. The van der Waals surface area contributed by atoms with E-state index in [0.29, 0.717) is 25.2 Å². The second-order valence-corrected chi connectivity index (χ2v) is 6.10. The average Bonchev–Trinajstić information content (AvgIpc) is 2.86. The van der Waals surface area contributed by atoms with Gasteiger partial charge in [-0.2, -0.15) is 5.10 Å². The summed E-state index contributed by atoms with van der Waals surface area (Å²) in [5.74, 6) is -2.58. The summed E-state index contributed by atoms with van der Waals surface area (Å²) in [5, 5.41) is 14.5. The Hall–Kier alpha value is -0.530. The lowest BCUT2D eigenvalue weighted by molar-refractivity contribution is 0.0107. The van der Waals surface area contributed by atoms with Gasteiger partial charge in [0.05, 0.1) is 16.7 Å². The van der Waals surface area contributed by atoms with E-state index in [4.69, 9.17) is 0 Å². The summed E-state index contributed by atoms with van der Waals surface area (Å²) < 4.78 is 28.7. The highest BCUT2D eigenvalue weighted by Crippen LogP contribution is 2.30. The van der Waals surface area contributed by atoms with Crippen molar-refractivity contribution in [3.8, 4) is 0 Å². The van der Waals surface area contributed by atoms with Crippen molar-refractivity contribution in [3.05, 3.63) is 15.9 Å². The maximum absolute atomic E-state index is 13.1. The van der Waals surface area contributed by atoms with Gasteiger partial charge in [-0.15, -0.1) is 0 Å². The Morgan fingerprint density at radius 2 is 2.20 bits per heavy atom. The van der Waals surface area contributed by atoms with Crippen LogP contribution in [0.25, 0.3) is 0 Å². The number of aryl methyl sites for hydroxylation is 1. The molecule has 2 rings (SSSR count). The van der Waals surface area contributed by atoms with Crippen molar-refractivity contribution < 1.29 is 13.9 Å². The Labute approximate surface area is 125 Å². The van der Waals surface area contributed by atoms with Gasteiger partial charge in [-0.1, -0.05) is 6.92 Å². The molecule has 0 unspecified atom stereocenters. The van der Waals surface area contributed by atoms with Crippen LogP contribution in [0, 0.1) is 0 Å². The smallest absolute Gasteiger partial charge is 0.261 e. The highest BCUT2D eigenvalue weighted by molar-refractivity contribution is 9.10. The van der Waals surface area contributed by atoms with E-state index < -0.39 is 12.0 Å². The first-order valence-electron chi connectivity index (χ1n) is 6.83. The number of halogens is 3. The van der Waals surface area contributed by atoms with Crippen molar-refractivity contribution in [2.75, 3.05) is 19.6 Å². The second kappa shape index (κ2) is 6.07. The van der Waals surface area contributed by atoms with Crippen LogP contribution in [-0.4, -0.2) is 45.3 Å². The van der Waals surface area contributed by atoms with Crippen molar-refractivity contribution >= 4 is 15.9 Å². The molecule has 7 heteroatoms. The number of hydrogen-bond acceptors (Lipinski definition) is 3. The zero-order chi connectivity index (χ0) is 14.9. The molecular formula is C13H20BrF2N3O. The van der Waals surface area contributed by atoms with Gasteiger partial charge in [-0.05, 0) is 28.8 Å². The number of aliphatic hydroxyl groups is 1. The molecule has 0 radical (unpaired) electrons. The first-order valence-corrected chi connectivity index (χ1v) is 7.63. The Balaban J connectivity index is 1.94. The molecule has 20 heavy (non-hydrogen) atoms. The molecule has 0 aromatic carbocycles. The topological polar surface area (TPSA) is 41.3 Å². The number of rotatable bonds is 5. The molecule has 4 nitrogen and oxygen atoms in total. The number of alkyl halides is 2. The van der Waals surface area contributed by atoms with E-state index in [-0.39, 0.29) is 13.0 Å². The molecular weight excluding hydrogens is 332 g/mol. The second-order valence-electron chi connectivity index (χ2n) is 5.31. The van der Waals surface area contributed by atoms with E-state index in [1.807, 2.05) is 14.0 Å². The summed E-state index contributed by atoms with van der Waals surface area (Å²) >= 11 is 3.46. The maximum Gasteiger partial charge on any atom is 0.261 e. The van der Waals surface area contributed by atoms with Gasteiger partial charge in [-0.25, -0.2) is 8.78 Å². The summed E-state index contributed by atoms with van der Waals surface area (Å²) in [4.78, 5) is 1.70. The summed E-state index contributed by atoms with van der Waals surface area (Å²) in [6.07, 6.45) is 0.408. The fraction of sp³-hybridized carbons (Fsp3) is 0.769. The predicted octanol–water partition coefficient (Wildman–Crippen LogP) is 2.51. The first kappa shape index (κ1) is 15.9. The Kier molecular flexibility index (Phi) is 4.81. The molecule has 1 aromatic rings. The molecule has 0 spiro atoms. The van der Waals surface area contributed by atoms with Gasteiger partial charge in [0.15, 0.2) is 0 Å². The molecule has 1 aliphatic rings. The Morgan fingerprint density at radius 1 is 1.50 bits per heavy atom. The summed E-state index contributed by atoms with van der Waals surface area (Å²) in [5.41, 5.74) is 1.61. The predicted molar refractivity (Wildman–Crippen MR) is 75.9 cm³/mol. The SMILES string of the molecule is CCc1c(Br)c([C@H](O)CCN2CCC(F)(F)C2)nn1C. The molecule has 1 saturated heterocycles. The lowest BCUT2D eigenvalue weighted by Crippen LogP contribution is -2.27. The number of aliphatic hydroxyl groups excluding tert-OH is 1. The molecule has 114 valence electrons. The average molecular weight is 352 g/mol. The zero-order valence-corrected chi connectivity index (χ0v) is 13.3. The van der Waals surface area contributed by atoms with Crippen LogP contribution in [0.1, 0.15) is 37.3 Å². The molecule has 0 saturated carbocycles. The molecule has 1 N–H and O–H groups in total. The summed E-state index contributed by atoms with van der Waals surface area (Å²) in [6.45, 7) is 2.66. The Bertz CT molecular complexity index is 478. The molecule has 0 aliphatic carbocycles. The van der Waals surface area contributed by atoms with Gasteiger partial charge < -0.3 is 5.11 Å². The third-order valence-corrected chi connectivity index (χ3v) is 4.61. The third-order valence-electron chi connectivity index (χ3n) is 3.74. The van der Waals surface area contributed by atoms with Crippen LogP contribution in [-0.2, 0) is 13.5 Å². The summed E-state index contributed by atoms with van der Waals surface area (Å²) in [6, 6.07) is 0. The van der Waals surface area contributed by atoms with Crippen LogP contribution in [0.5, 0.6) is 0 Å². The highest BCUT2D eigenvalue weighted by atomic mass is 79.9. The number of aromatic nitrogens is 2. The van der Waals surface area contributed by atoms with E-state index in [2.05, 4.69) is 21.0 Å². The van der Waals surface area contributed by atoms with Gasteiger partial charge in [0.25, 0.3) is 5.92 Å². The van der Waals surface area contributed by atoms with E-state index in [0.717, 1.165) is 16.6 Å². The lowest BCUT2D eigenvalue weighted by Gasteiger charge is -2.17. The standard InChI is InChI=1S/C13H20BrF2N3O/c1-3-9-11(14)12(17-18(9)2)10(20)4-6-19-7-5-13(15,16)8-19/h10,20H,3-8H2,1-2H3/t10-/m1/s1. The van der Waals surface area contributed by atoms with Crippen LogP contribution in [0.15, 0.2) is 4.47 Å². The van der Waals surface area contributed by atoms with Crippen molar-refractivity contribution in [1.29, 1.82) is 0 Å². The van der Waals surface area contributed by atoms with Crippen LogP contribution in [0.3, 0.4) is 0 Å². The fourth-order valence-electron chi connectivity index (χ4n) is 2.59. The number of nitrogens with zero attached hydrogens (tertiary/aromatic N) is 3. The minimum atomic E-state index is -2.58. The van der Waals surface area contributed by atoms with Gasteiger partial charge in [-0.3, -0.25) is 9.58 Å². The molecule has 0 bridgehead atoms. The zero-order valence-electron chi connectivity index (χ0n) is 11.7. The maximum atomic E-state index is 13.1. The van der Waals surface area contributed by atoms with Crippen LogP contribution < -0.4 is 0 Å². The van der Waals surface area contributed by atoms with Crippen LogP contribution >= 0.6 is 15.9 Å². The number of hydrogen-bond donors (Lipinski definition) is 1. The minimum Gasteiger partial charge on any atom is -0.387 e. The number of likely N-dealkylation sites (tertiary alicyclic amines) is 1. The Morgan fingerprint density at radius 3 is 2.70 bits per heavy atom.